The topological polar surface area (TPSA) is 29.5 Å². The third-order valence-corrected chi connectivity index (χ3v) is 7.03. The molecular weight excluding hydrogens is 446 g/mol. The van der Waals surface area contributed by atoms with Crippen molar-refractivity contribution in [3.05, 3.63) is 77.2 Å². The van der Waals surface area contributed by atoms with Crippen LogP contribution in [0.2, 0.25) is 0 Å². The Labute approximate surface area is 205 Å². The van der Waals surface area contributed by atoms with Gasteiger partial charge in [0.25, 0.3) is 5.91 Å². The minimum absolute atomic E-state index is 0.0799. The van der Waals surface area contributed by atoms with E-state index in [1.165, 1.54) is 43.9 Å². The molecule has 0 spiro atoms. The van der Waals surface area contributed by atoms with Crippen molar-refractivity contribution < 1.29 is 9.53 Å². The van der Waals surface area contributed by atoms with Crippen molar-refractivity contribution >= 4 is 56.7 Å². The normalized spacial score (nSPS) is 15.1. The molecule has 33 heavy (non-hydrogen) atoms. The number of hydrogen-bond donors (Lipinski definition) is 0. The van der Waals surface area contributed by atoms with Crippen LogP contribution in [0.15, 0.2) is 71.6 Å². The number of ether oxygens (including phenoxy) is 1. The van der Waals surface area contributed by atoms with Crippen LogP contribution in [-0.4, -0.2) is 16.8 Å². The minimum atomic E-state index is -0.0799. The van der Waals surface area contributed by atoms with E-state index in [-0.39, 0.29) is 5.91 Å². The van der Waals surface area contributed by atoms with Crippen LogP contribution in [-0.2, 0) is 4.79 Å². The van der Waals surface area contributed by atoms with Crippen molar-refractivity contribution in [2.24, 2.45) is 0 Å². The van der Waals surface area contributed by atoms with Crippen LogP contribution in [0.1, 0.15) is 51.0 Å². The number of carbonyl (C=O) groups is 1. The van der Waals surface area contributed by atoms with Crippen LogP contribution in [0.3, 0.4) is 0 Å². The monoisotopic (exact) mass is 475 g/mol. The van der Waals surface area contributed by atoms with E-state index in [2.05, 4.69) is 13.0 Å². The first-order valence-corrected chi connectivity index (χ1v) is 12.9. The number of carbonyl (C=O) groups excluding carboxylic acids is 1. The molecule has 1 aliphatic heterocycles. The van der Waals surface area contributed by atoms with Crippen molar-refractivity contribution in [3.8, 4) is 5.75 Å². The molecule has 0 aromatic heterocycles. The molecule has 1 saturated heterocycles. The molecule has 3 nitrogen and oxygen atoms in total. The van der Waals surface area contributed by atoms with E-state index in [0.717, 1.165) is 40.8 Å². The molecule has 1 amide bonds. The summed E-state index contributed by atoms with van der Waals surface area (Å²) in [7, 11) is 0. The molecule has 0 radical (unpaired) electrons. The fourth-order valence-electron chi connectivity index (χ4n) is 3.89. The summed E-state index contributed by atoms with van der Waals surface area (Å²) in [5.41, 5.74) is 1.76. The Morgan fingerprint density at radius 1 is 0.909 bits per heavy atom. The van der Waals surface area contributed by atoms with Gasteiger partial charge in [0.15, 0.2) is 4.32 Å². The summed E-state index contributed by atoms with van der Waals surface area (Å²) in [4.78, 5) is 15.4. The number of fused-ring (bicyclic) bond motifs is 1. The van der Waals surface area contributed by atoms with Gasteiger partial charge in [0.1, 0.15) is 5.75 Å². The number of thioether (sulfide) groups is 1. The van der Waals surface area contributed by atoms with Gasteiger partial charge in [0, 0.05) is 0 Å². The van der Waals surface area contributed by atoms with Crippen LogP contribution < -0.4 is 9.64 Å². The number of amides is 1. The van der Waals surface area contributed by atoms with Crippen molar-refractivity contribution in [1.82, 2.24) is 0 Å². The van der Waals surface area contributed by atoms with Crippen molar-refractivity contribution in [3.63, 3.8) is 0 Å². The standard InChI is InChI=1S/C28H29NO2S2/c1-2-3-4-5-6-9-18-31-25-16-12-21(13-17-25)19-26-27(30)29(28(32)33-26)24-15-14-22-10-7-8-11-23(22)20-24/h7-8,10-17,19-20H,2-6,9,18H2,1H3. The molecule has 4 rings (SSSR count). The van der Waals surface area contributed by atoms with E-state index in [1.54, 1.807) is 4.90 Å². The molecule has 3 aromatic carbocycles. The van der Waals surface area contributed by atoms with Gasteiger partial charge in [-0.1, -0.05) is 105 Å². The maximum absolute atomic E-state index is 13.1. The van der Waals surface area contributed by atoms with Gasteiger partial charge in [-0.3, -0.25) is 9.69 Å². The summed E-state index contributed by atoms with van der Waals surface area (Å²) in [6.07, 6.45) is 9.41. The Morgan fingerprint density at radius 3 is 2.42 bits per heavy atom. The Morgan fingerprint density at radius 2 is 1.64 bits per heavy atom. The molecular formula is C28H29NO2S2. The average molecular weight is 476 g/mol. The number of benzene rings is 3. The number of anilines is 1. The quantitative estimate of drug-likeness (QED) is 0.169. The smallest absolute Gasteiger partial charge is 0.270 e. The number of hydrogen-bond acceptors (Lipinski definition) is 4. The lowest BCUT2D eigenvalue weighted by Crippen LogP contribution is -2.27. The van der Waals surface area contributed by atoms with Gasteiger partial charge in [0.2, 0.25) is 0 Å². The van der Waals surface area contributed by atoms with Crippen molar-refractivity contribution in [2.45, 2.75) is 45.4 Å². The zero-order valence-electron chi connectivity index (χ0n) is 19.0. The van der Waals surface area contributed by atoms with Gasteiger partial charge in [-0.2, -0.15) is 0 Å². The number of thiocarbonyl (C=S) groups is 1. The highest BCUT2D eigenvalue weighted by molar-refractivity contribution is 8.27. The van der Waals surface area contributed by atoms with Gasteiger partial charge in [-0.15, -0.1) is 0 Å². The lowest BCUT2D eigenvalue weighted by Gasteiger charge is -2.15. The summed E-state index contributed by atoms with van der Waals surface area (Å²) in [6, 6.07) is 22.0. The van der Waals surface area contributed by atoms with Gasteiger partial charge >= 0.3 is 0 Å². The summed E-state index contributed by atoms with van der Waals surface area (Å²) in [5, 5.41) is 2.23. The molecule has 1 aliphatic rings. The van der Waals surface area contributed by atoms with Gasteiger partial charge in [0.05, 0.1) is 17.2 Å². The largest absolute Gasteiger partial charge is 0.494 e. The molecule has 0 aliphatic carbocycles. The van der Waals surface area contributed by atoms with E-state index >= 15 is 0 Å². The van der Waals surface area contributed by atoms with E-state index in [4.69, 9.17) is 17.0 Å². The Hall–Kier alpha value is -2.63. The van der Waals surface area contributed by atoms with E-state index in [0.29, 0.717) is 9.23 Å². The lowest BCUT2D eigenvalue weighted by molar-refractivity contribution is -0.113. The molecule has 5 heteroatoms. The molecule has 3 aromatic rings. The maximum Gasteiger partial charge on any atom is 0.270 e. The average Bonchev–Trinajstić information content (AvgIpc) is 3.11. The van der Waals surface area contributed by atoms with Crippen LogP contribution in [0.4, 0.5) is 5.69 Å². The zero-order chi connectivity index (χ0) is 23.0. The highest BCUT2D eigenvalue weighted by Gasteiger charge is 2.33. The lowest BCUT2D eigenvalue weighted by atomic mass is 10.1. The number of rotatable bonds is 10. The Balaban J connectivity index is 1.37. The molecule has 1 heterocycles. The highest BCUT2D eigenvalue weighted by Crippen LogP contribution is 2.37. The summed E-state index contributed by atoms with van der Waals surface area (Å²) < 4.78 is 6.42. The van der Waals surface area contributed by atoms with Gasteiger partial charge < -0.3 is 4.74 Å². The SMILES string of the molecule is CCCCCCCCOc1ccc(C=C2SC(=S)N(c3ccc4ccccc4c3)C2=O)cc1. The molecule has 1 fully saturated rings. The van der Waals surface area contributed by atoms with E-state index in [1.807, 2.05) is 66.7 Å². The number of nitrogens with zero attached hydrogens (tertiary/aromatic N) is 1. The predicted molar refractivity (Wildman–Crippen MR) is 145 cm³/mol. The summed E-state index contributed by atoms with van der Waals surface area (Å²) in [5.74, 6) is 0.785. The van der Waals surface area contributed by atoms with Crippen molar-refractivity contribution in [2.75, 3.05) is 11.5 Å². The second-order valence-electron chi connectivity index (χ2n) is 8.23. The third kappa shape index (κ3) is 6.04. The zero-order valence-corrected chi connectivity index (χ0v) is 20.6. The second-order valence-corrected chi connectivity index (χ2v) is 9.91. The third-order valence-electron chi connectivity index (χ3n) is 5.73. The molecule has 0 saturated carbocycles. The van der Waals surface area contributed by atoms with Crippen molar-refractivity contribution in [1.29, 1.82) is 0 Å². The Kier molecular flexibility index (Phi) is 8.19. The first kappa shape index (κ1) is 23.5. The Bertz CT molecular complexity index is 1150. The molecule has 0 unspecified atom stereocenters. The van der Waals surface area contributed by atoms with E-state index in [9.17, 15) is 4.79 Å². The van der Waals surface area contributed by atoms with Crippen LogP contribution >= 0.6 is 24.0 Å². The highest BCUT2D eigenvalue weighted by atomic mass is 32.2. The summed E-state index contributed by atoms with van der Waals surface area (Å²) >= 11 is 6.88. The molecule has 0 bridgehead atoms. The fraction of sp³-hybridized carbons (Fsp3) is 0.286. The first-order valence-electron chi connectivity index (χ1n) is 11.7. The van der Waals surface area contributed by atoms with Gasteiger partial charge in [-0.05, 0) is 53.1 Å². The van der Waals surface area contributed by atoms with Crippen LogP contribution in [0, 0.1) is 0 Å². The molecule has 0 N–H and O–H groups in total. The van der Waals surface area contributed by atoms with E-state index < -0.39 is 0 Å². The van der Waals surface area contributed by atoms with Crippen LogP contribution in [0.25, 0.3) is 16.8 Å². The first-order chi connectivity index (χ1) is 16.2. The second kappa shape index (κ2) is 11.5. The minimum Gasteiger partial charge on any atom is -0.494 e. The predicted octanol–water partition coefficient (Wildman–Crippen LogP) is 7.98. The van der Waals surface area contributed by atoms with Crippen LogP contribution in [0.5, 0.6) is 5.75 Å². The molecule has 0 atom stereocenters. The summed E-state index contributed by atoms with van der Waals surface area (Å²) in [6.45, 7) is 2.98. The van der Waals surface area contributed by atoms with Gasteiger partial charge in [-0.25, -0.2) is 0 Å². The molecule has 170 valence electrons. The number of unbranched alkanes of at least 4 members (excludes halogenated alkanes) is 5. The maximum atomic E-state index is 13.1. The fourth-order valence-corrected chi connectivity index (χ4v) is 5.19.